The molecule has 5 atom stereocenters. The van der Waals surface area contributed by atoms with Gasteiger partial charge in [0.05, 0.1) is 11.4 Å². The van der Waals surface area contributed by atoms with Gasteiger partial charge in [-0.15, -0.1) is 0 Å². The van der Waals surface area contributed by atoms with E-state index >= 15 is 0 Å². The first-order valence-electron chi connectivity index (χ1n) is 11.3. The van der Waals surface area contributed by atoms with Crippen LogP contribution in [-0.4, -0.2) is 34.1 Å². The summed E-state index contributed by atoms with van der Waals surface area (Å²) in [5.74, 6) is 0.789. The molecule has 30 heavy (non-hydrogen) atoms. The van der Waals surface area contributed by atoms with E-state index in [0.717, 1.165) is 60.8 Å². The SMILES string of the molecule is Cc1cc2c(cn1)cc(C1CC(NC(=O)C3CCC(C)NC3)CCC1C)c(=O)n2C. The van der Waals surface area contributed by atoms with Crippen LogP contribution in [0.3, 0.4) is 0 Å². The fourth-order valence-electron chi connectivity index (χ4n) is 5.18. The van der Waals surface area contributed by atoms with Crippen molar-refractivity contribution in [3.05, 3.63) is 39.9 Å². The second-order valence-electron chi connectivity index (χ2n) is 9.53. The molecular weight excluding hydrogens is 376 g/mol. The van der Waals surface area contributed by atoms with E-state index in [4.69, 9.17) is 0 Å². The number of fused-ring (bicyclic) bond motifs is 1. The standard InChI is InChI=1S/C24H34N4O2/c1-14-5-8-19(27-23(29)17-7-6-15(2)25-12-17)11-20(14)21-10-18-13-26-16(3)9-22(18)28(4)24(21)30/h9-10,13-15,17,19-20,25H,5-8,11-12H2,1-4H3,(H,27,29). The summed E-state index contributed by atoms with van der Waals surface area (Å²) in [5.41, 5.74) is 2.76. The van der Waals surface area contributed by atoms with Crippen LogP contribution in [0.5, 0.6) is 0 Å². The highest BCUT2D eigenvalue weighted by molar-refractivity contribution is 5.80. The molecule has 0 aromatic carbocycles. The van der Waals surface area contributed by atoms with E-state index < -0.39 is 0 Å². The van der Waals surface area contributed by atoms with Gasteiger partial charge in [0.1, 0.15) is 0 Å². The topological polar surface area (TPSA) is 76.0 Å². The number of amides is 1. The summed E-state index contributed by atoms with van der Waals surface area (Å²) >= 11 is 0. The molecule has 0 radical (unpaired) electrons. The van der Waals surface area contributed by atoms with Crippen LogP contribution in [0.2, 0.25) is 0 Å². The van der Waals surface area contributed by atoms with Crippen LogP contribution < -0.4 is 16.2 Å². The average molecular weight is 411 g/mol. The lowest BCUT2D eigenvalue weighted by molar-refractivity contribution is -0.126. The predicted molar refractivity (Wildman–Crippen MR) is 120 cm³/mol. The zero-order chi connectivity index (χ0) is 21.4. The number of piperidine rings is 1. The molecule has 1 aliphatic heterocycles. The van der Waals surface area contributed by atoms with Crippen LogP contribution >= 0.6 is 0 Å². The Morgan fingerprint density at radius 2 is 2.00 bits per heavy atom. The van der Waals surface area contributed by atoms with Gasteiger partial charge in [0.2, 0.25) is 5.91 Å². The second kappa shape index (κ2) is 8.50. The van der Waals surface area contributed by atoms with Crippen LogP contribution in [0.1, 0.15) is 63.1 Å². The number of aryl methyl sites for hydroxylation is 2. The first kappa shape index (κ1) is 21.0. The number of rotatable bonds is 3. The summed E-state index contributed by atoms with van der Waals surface area (Å²) in [6.45, 7) is 7.10. The summed E-state index contributed by atoms with van der Waals surface area (Å²) in [5, 5.41) is 7.72. The van der Waals surface area contributed by atoms with Crippen molar-refractivity contribution in [3.8, 4) is 0 Å². The van der Waals surface area contributed by atoms with E-state index in [1.54, 1.807) is 4.57 Å². The van der Waals surface area contributed by atoms with Crippen molar-refractivity contribution in [1.82, 2.24) is 20.2 Å². The Morgan fingerprint density at radius 3 is 2.73 bits per heavy atom. The fraction of sp³-hybridized carbons (Fsp3) is 0.625. The normalized spacial score (nSPS) is 29.7. The molecule has 1 aliphatic carbocycles. The van der Waals surface area contributed by atoms with E-state index in [2.05, 4.69) is 29.5 Å². The minimum Gasteiger partial charge on any atom is -0.353 e. The minimum absolute atomic E-state index is 0.0573. The number of carbonyl (C=O) groups excluding carboxylic acids is 1. The van der Waals surface area contributed by atoms with Crippen LogP contribution in [-0.2, 0) is 11.8 Å². The minimum atomic E-state index is 0.0573. The highest BCUT2D eigenvalue weighted by Gasteiger charge is 2.33. The molecule has 6 nitrogen and oxygen atoms in total. The summed E-state index contributed by atoms with van der Waals surface area (Å²) < 4.78 is 1.75. The van der Waals surface area contributed by atoms with Crippen molar-refractivity contribution in [2.45, 2.75) is 70.9 Å². The molecule has 6 heteroatoms. The van der Waals surface area contributed by atoms with E-state index in [-0.39, 0.29) is 29.3 Å². The Morgan fingerprint density at radius 1 is 1.20 bits per heavy atom. The van der Waals surface area contributed by atoms with Gasteiger partial charge >= 0.3 is 0 Å². The van der Waals surface area contributed by atoms with Crippen molar-refractivity contribution < 1.29 is 4.79 Å². The lowest BCUT2D eigenvalue weighted by Gasteiger charge is -2.36. The average Bonchev–Trinajstić information content (AvgIpc) is 2.73. The van der Waals surface area contributed by atoms with Crippen molar-refractivity contribution in [2.24, 2.45) is 18.9 Å². The maximum Gasteiger partial charge on any atom is 0.254 e. The molecule has 0 spiro atoms. The van der Waals surface area contributed by atoms with Gasteiger partial charge in [-0.3, -0.25) is 14.6 Å². The van der Waals surface area contributed by atoms with E-state index in [9.17, 15) is 9.59 Å². The summed E-state index contributed by atoms with van der Waals surface area (Å²) in [4.78, 5) is 30.4. The van der Waals surface area contributed by atoms with Gasteiger partial charge in [-0.25, -0.2) is 0 Å². The van der Waals surface area contributed by atoms with Gasteiger partial charge in [0.15, 0.2) is 0 Å². The Labute approximate surface area is 178 Å². The van der Waals surface area contributed by atoms with E-state index in [1.807, 2.05) is 32.3 Å². The number of pyridine rings is 2. The van der Waals surface area contributed by atoms with E-state index in [1.165, 1.54) is 0 Å². The molecule has 2 aromatic heterocycles. The molecule has 1 saturated carbocycles. The van der Waals surface area contributed by atoms with Crippen molar-refractivity contribution in [1.29, 1.82) is 0 Å². The Hall–Kier alpha value is -2.21. The molecular formula is C24H34N4O2. The molecule has 4 rings (SSSR count). The van der Waals surface area contributed by atoms with Crippen molar-refractivity contribution in [3.63, 3.8) is 0 Å². The molecule has 2 fully saturated rings. The maximum atomic E-state index is 13.2. The Bertz CT molecular complexity index is 991. The number of nitrogens with one attached hydrogen (secondary N) is 2. The third kappa shape index (κ3) is 4.15. The lowest BCUT2D eigenvalue weighted by Crippen LogP contribution is -2.48. The Kier molecular flexibility index (Phi) is 5.96. The van der Waals surface area contributed by atoms with Gasteiger partial charge in [-0.1, -0.05) is 6.92 Å². The number of carbonyl (C=O) groups is 1. The molecule has 2 N–H and O–H groups in total. The van der Waals surface area contributed by atoms with Gasteiger partial charge in [-0.05, 0) is 69.9 Å². The van der Waals surface area contributed by atoms with Crippen molar-refractivity contribution in [2.75, 3.05) is 6.54 Å². The number of hydrogen-bond donors (Lipinski definition) is 2. The Balaban J connectivity index is 1.54. The van der Waals surface area contributed by atoms with Crippen LogP contribution in [0.4, 0.5) is 0 Å². The summed E-state index contributed by atoms with van der Waals surface area (Å²) in [7, 11) is 1.84. The number of nitrogens with zero attached hydrogens (tertiary/aromatic N) is 2. The largest absolute Gasteiger partial charge is 0.353 e. The maximum absolute atomic E-state index is 13.2. The zero-order valence-corrected chi connectivity index (χ0v) is 18.6. The molecule has 2 aromatic rings. The van der Waals surface area contributed by atoms with Crippen LogP contribution in [0.15, 0.2) is 23.1 Å². The van der Waals surface area contributed by atoms with Gasteiger partial charge < -0.3 is 15.2 Å². The molecule has 3 heterocycles. The highest BCUT2D eigenvalue weighted by Crippen LogP contribution is 2.37. The smallest absolute Gasteiger partial charge is 0.254 e. The van der Waals surface area contributed by atoms with Crippen molar-refractivity contribution >= 4 is 16.8 Å². The third-order valence-electron chi connectivity index (χ3n) is 7.25. The lowest BCUT2D eigenvalue weighted by atomic mass is 9.74. The summed E-state index contributed by atoms with van der Waals surface area (Å²) in [6.07, 6.45) is 6.67. The molecule has 5 unspecified atom stereocenters. The molecule has 162 valence electrons. The number of aromatic nitrogens is 2. The molecule has 1 amide bonds. The monoisotopic (exact) mass is 410 g/mol. The summed E-state index contributed by atoms with van der Waals surface area (Å²) in [6, 6.07) is 4.63. The van der Waals surface area contributed by atoms with Crippen LogP contribution in [0, 0.1) is 18.8 Å². The van der Waals surface area contributed by atoms with Gasteiger partial charge in [0.25, 0.3) is 5.56 Å². The highest BCUT2D eigenvalue weighted by atomic mass is 16.2. The third-order valence-corrected chi connectivity index (χ3v) is 7.25. The van der Waals surface area contributed by atoms with Gasteiger partial charge in [0, 0.05) is 48.5 Å². The number of hydrogen-bond acceptors (Lipinski definition) is 4. The quantitative estimate of drug-likeness (QED) is 0.816. The first-order valence-corrected chi connectivity index (χ1v) is 11.3. The molecule has 2 aliphatic rings. The molecule has 0 bridgehead atoms. The fourth-order valence-corrected chi connectivity index (χ4v) is 5.18. The van der Waals surface area contributed by atoms with E-state index in [0.29, 0.717) is 12.0 Å². The predicted octanol–water partition coefficient (Wildman–Crippen LogP) is 3.02. The zero-order valence-electron chi connectivity index (χ0n) is 18.6. The second-order valence-corrected chi connectivity index (χ2v) is 9.53. The van der Waals surface area contributed by atoms with Gasteiger partial charge in [-0.2, -0.15) is 0 Å². The molecule has 1 saturated heterocycles. The first-order chi connectivity index (χ1) is 14.3. The van der Waals surface area contributed by atoms with Crippen LogP contribution in [0.25, 0.3) is 10.9 Å².